The van der Waals surface area contributed by atoms with E-state index in [4.69, 9.17) is 9.47 Å². The maximum absolute atomic E-state index is 11.8. The molecule has 1 aliphatic rings. The number of rotatable bonds is 2. The van der Waals surface area contributed by atoms with Crippen LogP contribution in [-0.2, 0) is 19.1 Å². The molecular weight excluding hydrogens is 406 g/mol. The normalized spacial score (nSPS) is 17.1. The Hall–Kier alpha value is -1.34. The molecule has 0 atom stereocenters. The molecule has 0 spiro atoms. The molecule has 0 aromatic heterocycles. The van der Waals surface area contributed by atoms with Gasteiger partial charge in [-0.05, 0) is 40.5 Å². The molecule has 0 unspecified atom stereocenters. The maximum atomic E-state index is 11.8. The van der Waals surface area contributed by atoms with Gasteiger partial charge in [0.15, 0.2) is 5.57 Å². The second-order valence-corrected chi connectivity index (χ2v) is 6.67. The van der Waals surface area contributed by atoms with Crippen LogP contribution in [0.5, 0.6) is 0 Å². The van der Waals surface area contributed by atoms with Gasteiger partial charge in [-0.15, -0.1) is 0 Å². The second-order valence-electron chi connectivity index (χ2n) is 4.96. The Morgan fingerprint density at radius 2 is 1.67 bits per heavy atom. The summed E-state index contributed by atoms with van der Waals surface area (Å²) in [5.74, 6) is -2.66. The molecule has 1 aromatic carbocycles. The highest BCUT2D eigenvalue weighted by Gasteiger charge is 2.38. The molecule has 1 fully saturated rings. The van der Waals surface area contributed by atoms with Gasteiger partial charge < -0.3 is 14.8 Å². The average Bonchev–Trinajstić information content (AvgIpc) is 2.32. The lowest BCUT2D eigenvalue weighted by Crippen LogP contribution is -2.42. The lowest BCUT2D eigenvalue weighted by atomic mass is 10.2. The van der Waals surface area contributed by atoms with Gasteiger partial charge in [0.1, 0.15) is 0 Å². The summed E-state index contributed by atoms with van der Waals surface area (Å²) >= 11 is 6.82. The van der Waals surface area contributed by atoms with Crippen LogP contribution in [0.25, 0.3) is 0 Å². The maximum Gasteiger partial charge on any atom is 0.350 e. The number of esters is 2. The number of hydrogen-bond donors (Lipinski definition) is 1. The Kier molecular flexibility index (Phi) is 4.43. The molecule has 0 bridgehead atoms. The smallest absolute Gasteiger partial charge is 0.350 e. The molecular formula is C14H13Br2NO4. The largest absolute Gasteiger partial charge is 0.419 e. The fourth-order valence-electron chi connectivity index (χ4n) is 1.70. The molecule has 1 aliphatic heterocycles. The third kappa shape index (κ3) is 3.65. The van der Waals surface area contributed by atoms with Crippen molar-refractivity contribution in [2.45, 2.75) is 26.6 Å². The summed E-state index contributed by atoms with van der Waals surface area (Å²) < 4.78 is 11.8. The highest BCUT2D eigenvalue weighted by molar-refractivity contribution is 9.11. The predicted octanol–water partition coefficient (Wildman–Crippen LogP) is 3.65. The van der Waals surface area contributed by atoms with Gasteiger partial charge in [-0.3, -0.25) is 0 Å². The Morgan fingerprint density at radius 3 is 2.24 bits per heavy atom. The molecule has 5 nitrogen and oxygen atoms in total. The van der Waals surface area contributed by atoms with Crippen molar-refractivity contribution >= 4 is 49.5 Å². The SMILES string of the molecule is Cc1cc(NC=C2C(=O)OC(C)(C)OC2=O)c(Br)cc1Br. The topological polar surface area (TPSA) is 64.6 Å². The number of cyclic esters (lactones) is 2. The predicted molar refractivity (Wildman–Crippen MR) is 84.5 cm³/mol. The van der Waals surface area contributed by atoms with Crippen LogP contribution < -0.4 is 5.32 Å². The monoisotopic (exact) mass is 417 g/mol. The Balaban J connectivity index is 2.24. The summed E-state index contributed by atoms with van der Waals surface area (Å²) in [5, 5.41) is 2.91. The van der Waals surface area contributed by atoms with Crippen LogP contribution in [0, 0.1) is 6.92 Å². The summed E-state index contributed by atoms with van der Waals surface area (Å²) in [6.45, 7) is 4.93. The fourth-order valence-corrected chi connectivity index (χ4v) is 2.80. The van der Waals surface area contributed by atoms with Gasteiger partial charge in [-0.1, -0.05) is 15.9 Å². The molecule has 21 heavy (non-hydrogen) atoms. The summed E-state index contributed by atoms with van der Waals surface area (Å²) in [4.78, 5) is 23.6. The number of nitrogens with one attached hydrogen (secondary N) is 1. The third-order valence-corrected chi connectivity index (χ3v) is 4.25. The molecule has 0 aliphatic carbocycles. The molecule has 112 valence electrons. The molecule has 2 rings (SSSR count). The Bertz CT molecular complexity index is 631. The van der Waals surface area contributed by atoms with Gasteiger partial charge in [0.25, 0.3) is 5.79 Å². The van der Waals surface area contributed by atoms with Crippen molar-refractivity contribution in [3.8, 4) is 0 Å². The quantitative estimate of drug-likeness (QED) is 0.451. The van der Waals surface area contributed by atoms with Crippen molar-refractivity contribution in [3.05, 3.63) is 38.4 Å². The molecule has 0 radical (unpaired) electrons. The second kappa shape index (κ2) is 5.81. The molecule has 1 saturated heterocycles. The average molecular weight is 419 g/mol. The molecule has 0 amide bonds. The first-order chi connectivity index (χ1) is 9.69. The number of anilines is 1. The lowest BCUT2D eigenvalue weighted by molar-refractivity contribution is -0.222. The van der Waals surface area contributed by atoms with E-state index >= 15 is 0 Å². The van der Waals surface area contributed by atoms with Crippen LogP contribution in [0.15, 0.2) is 32.9 Å². The van der Waals surface area contributed by atoms with E-state index in [-0.39, 0.29) is 5.57 Å². The van der Waals surface area contributed by atoms with Crippen molar-refractivity contribution in [1.82, 2.24) is 0 Å². The number of carbonyl (C=O) groups is 2. The number of halogens is 2. The van der Waals surface area contributed by atoms with Crippen molar-refractivity contribution in [1.29, 1.82) is 0 Å². The van der Waals surface area contributed by atoms with Crippen molar-refractivity contribution in [2.24, 2.45) is 0 Å². The summed E-state index contributed by atoms with van der Waals surface area (Å²) in [6, 6.07) is 3.74. The standard InChI is InChI=1S/C14H13Br2NO4/c1-7-4-11(10(16)5-9(7)15)17-6-8-12(18)20-14(2,3)21-13(8)19/h4-6,17H,1-3H3. The van der Waals surface area contributed by atoms with Crippen LogP contribution in [0.1, 0.15) is 19.4 Å². The van der Waals surface area contributed by atoms with E-state index in [1.807, 2.05) is 19.1 Å². The van der Waals surface area contributed by atoms with E-state index in [0.717, 1.165) is 14.5 Å². The van der Waals surface area contributed by atoms with Crippen molar-refractivity contribution in [2.75, 3.05) is 5.32 Å². The van der Waals surface area contributed by atoms with Crippen LogP contribution in [-0.4, -0.2) is 17.7 Å². The van der Waals surface area contributed by atoms with E-state index in [1.165, 1.54) is 20.0 Å². The van der Waals surface area contributed by atoms with Gasteiger partial charge in [0.05, 0.1) is 5.69 Å². The third-order valence-electron chi connectivity index (χ3n) is 2.74. The molecule has 0 saturated carbocycles. The minimum Gasteiger partial charge on any atom is -0.419 e. The number of ether oxygens (including phenoxy) is 2. The number of benzene rings is 1. The summed E-state index contributed by atoms with van der Waals surface area (Å²) in [5.41, 5.74) is 1.55. The van der Waals surface area contributed by atoms with E-state index in [0.29, 0.717) is 5.69 Å². The van der Waals surface area contributed by atoms with Crippen LogP contribution >= 0.6 is 31.9 Å². The highest BCUT2D eigenvalue weighted by atomic mass is 79.9. The number of aryl methyl sites for hydroxylation is 1. The van der Waals surface area contributed by atoms with Crippen molar-refractivity contribution in [3.63, 3.8) is 0 Å². The first-order valence-electron chi connectivity index (χ1n) is 6.08. The first-order valence-corrected chi connectivity index (χ1v) is 7.67. The van der Waals surface area contributed by atoms with Crippen molar-refractivity contribution < 1.29 is 19.1 Å². The van der Waals surface area contributed by atoms with Gasteiger partial charge in [0.2, 0.25) is 0 Å². The van der Waals surface area contributed by atoms with Crippen LogP contribution in [0.2, 0.25) is 0 Å². The summed E-state index contributed by atoms with van der Waals surface area (Å²) in [7, 11) is 0. The number of hydrogen-bond acceptors (Lipinski definition) is 5. The van der Waals surface area contributed by atoms with E-state index in [1.54, 1.807) is 0 Å². The van der Waals surface area contributed by atoms with Gasteiger partial charge >= 0.3 is 11.9 Å². The summed E-state index contributed by atoms with van der Waals surface area (Å²) in [6.07, 6.45) is 1.29. The zero-order valence-corrected chi connectivity index (χ0v) is 14.8. The Labute approximate surface area is 138 Å². The van der Waals surface area contributed by atoms with E-state index in [2.05, 4.69) is 37.2 Å². The zero-order chi connectivity index (χ0) is 15.8. The van der Waals surface area contributed by atoms with Gasteiger partial charge in [-0.2, -0.15) is 0 Å². The Morgan fingerprint density at radius 1 is 1.10 bits per heavy atom. The van der Waals surface area contributed by atoms with E-state index in [9.17, 15) is 9.59 Å². The van der Waals surface area contributed by atoms with Gasteiger partial charge in [-0.25, -0.2) is 9.59 Å². The van der Waals surface area contributed by atoms with E-state index < -0.39 is 17.7 Å². The van der Waals surface area contributed by atoms with Crippen LogP contribution in [0.4, 0.5) is 5.69 Å². The minimum absolute atomic E-state index is 0.179. The number of carbonyl (C=O) groups excluding carboxylic acids is 2. The van der Waals surface area contributed by atoms with Gasteiger partial charge in [0, 0.05) is 29.0 Å². The molecule has 7 heteroatoms. The highest BCUT2D eigenvalue weighted by Crippen LogP contribution is 2.30. The molecule has 1 heterocycles. The zero-order valence-electron chi connectivity index (χ0n) is 11.6. The lowest BCUT2D eigenvalue weighted by Gasteiger charge is -2.29. The fraction of sp³-hybridized carbons (Fsp3) is 0.286. The molecule has 1 aromatic rings. The van der Waals surface area contributed by atoms with Crippen LogP contribution in [0.3, 0.4) is 0 Å². The minimum atomic E-state index is -1.24. The molecule has 1 N–H and O–H groups in total. The first kappa shape index (κ1) is 16.0.